The second-order valence-corrected chi connectivity index (χ2v) is 10.6. The summed E-state index contributed by atoms with van der Waals surface area (Å²) >= 11 is 1.65. The maximum Gasteiger partial charge on any atom is 0.228 e. The highest BCUT2D eigenvalue weighted by molar-refractivity contribution is 7.98. The number of benzene rings is 1. The van der Waals surface area contributed by atoms with Gasteiger partial charge in [0.2, 0.25) is 5.95 Å². The van der Waals surface area contributed by atoms with E-state index >= 15 is 0 Å². The molecule has 2 aliphatic rings. The highest BCUT2D eigenvalue weighted by atomic mass is 32.2. The molecule has 0 amide bonds. The van der Waals surface area contributed by atoms with Crippen LogP contribution in [0.3, 0.4) is 0 Å². The highest BCUT2D eigenvalue weighted by Gasteiger charge is 2.24. The molecule has 5 rings (SSSR count). The molecule has 2 saturated heterocycles. The van der Waals surface area contributed by atoms with E-state index in [1.807, 2.05) is 12.1 Å². The predicted octanol–water partition coefficient (Wildman–Crippen LogP) is 1.70. The molecule has 0 radical (unpaired) electrons. The lowest BCUT2D eigenvalue weighted by molar-refractivity contribution is 0.414. The van der Waals surface area contributed by atoms with Gasteiger partial charge < -0.3 is 19.9 Å². The summed E-state index contributed by atoms with van der Waals surface area (Å²) in [6.07, 6.45) is 1.60. The third kappa shape index (κ3) is 5.04. The number of aromatic nitrogens is 4. The molecule has 4 heterocycles. The number of fused-ring (bicyclic) bond motifs is 1. The van der Waals surface area contributed by atoms with Gasteiger partial charge in [0.15, 0.2) is 5.82 Å². The summed E-state index contributed by atoms with van der Waals surface area (Å²) in [5.41, 5.74) is 2.72. The minimum absolute atomic E-state index is 0.651. The molecule has 33 heavy (non-hydrogen) atoms. The van der Waals surface area contributed by atoms with Crippen LogP contribution in [0.15, 0.2) is 35.6 Å². The predicted molar refractivity (Wildman–Crippen MR) is 133 cm³/mol. The first-order valence-electron chi connectivity index (χ1n) is 11.1. The zero-order valence-electron chi connectivity index (χ0n) is 18.6. The van der Waals surface area contributed by atoms with Gasteiger partial charge >= 0.3 is 0 Å². The van der Waals surface area contributed by atoms with Gasteiger partial charge in [-0.2, -0.15) is 4.98 Å². The van der Waals surface area contributed by atoms with Crippen molar-refractivity contribution < 1.29 is 8.95 Å². The van der Waals surface area contributed by atoms with Crippen molar-refractivity contribution in [2.45, 2.75) is 10.8 Å². The van der Waals surface area contributed by atoms with Crippen molar-refractivity contribution in [1.82, 2.24) is 25.3 Å². The second-order valence-electron chi connectivity index (χ2n) is 7.93. The van der Waals surface area contributed by atoms with Gasteiger partial charge in [0.05, 0.1) is 7.11 Å². The summed E-state index contributed by atoms with van der Waals surface area (Å²) in [6, 6.07) is 8.07. The molecule has 2 aromatic heterocycles. The Hall–Kier alpha value is -2.50. The van der Waals surface area contributed by atoms with Crippen molar-refractivity contribution in [3.8, 4) is 5.75 Å². The van der Waals surface area contributed by atoms with E-state index in [9.17, 15) is 4.21 Å². The summed E-state index contributed by atoms with van der Waals surface area (Å²) in [7, 11) is 0.912. The van der Waals surface area contributed by atoms with Gasteiger partial charge in [0.1, 0.15) is 28.1 Å². The molecular formula is C22H27N7O2S2. The largest absolute Gasteiger partial charge is 0.497 e. The minimum Gasteiger partial charge on any atom is -0.497 e. The van der Waals surface area contributed by atoms with Crippen molar-refractivity contribution in [3.63, 3.8) is 0 Å². The van der Waals surface area contributed by atoms with Crippen molar-refractivity contribution in [3.05, 3.63) is 36.2 Å². The summed E-state index contributed by atoms with van der Waals surface area (Å²) < 4.78 is 17.2. The van der Waals surface area contributed by atoms with Gasteiger partial charge in [-0.1, -0.05) is 23.9 Å². The molecule has 0 unspecified atom stereocenters. The molecule has 11 heteroatoms. The molecule has 0 atom stereocenters. The smallest absolute Gasteiger partial charge is 0.228 e. The number of nitrogens with zero attached hydrogens (tertiary/aromatic N) is 6. The van der Waals surface area contributed by atoms with Crippen LogP contribution in [-0.2, 0) is 16.6 Å². The second kappa shape index (κ2) is 10.2. The number of hydrogen-bond donors (Lipinski definition) is 1. The molecule has 1 N–H and O–H groups in total. The average Bonchev–Trinajstić information content (AvgIpc) is 2.88. The Morgan fingerprint density at radius 3 is 2.48 bits per heavy atom. The standard InChI is InChI=1S/C22H27N7O2S2/c1-31-17-4-2-16(3-5-17)14-32-21-19-18(24-15-25-21)20(28-10-12-33(30)13-11-28)27-22(26-19)29-8-6-23-7-9-29/h2-5,15,23H,6-14H2,1H3. The SMILES string of the molecule is COc1ccc(CSc2ncnc3c(N4CCS(=O)CC4)nc(N4CCNCC4)nc23)cc1. The Kier molecular flexibility index (Phi) is 6.88. The van der Waals surface area contributed by atoms with Crippen molar-refractivity contribution in [2.75, 3.05) is 67.7 Å². The maximum atomic E-state index is 11.9. The third-order valence-corrected chi connectivity index (χ3v) is 8.16. The Morgan fingerprint density at radius 1 is 1.00 bits per heavy atom. The van der Waals surface area contributed by atoms with E-state index in [1.54, 1.807) is 25.2 Å². The van der Waals surface area contributed by atoms with E-state index in [0.717, 1.165) is 59.6 Å². The van der Waals surface area contributed by atoms with Gasteiger partial charge in [-0.05, 0) is 17.7 Å². The van der Waals surface area contributed by atoms with Gasteiger partial charge in [0, 0.05) is 67.3 Å². The molecule has 1 aromatic carbocycles. The fourth-order valence-electron chi connectivity index (χ4n) is 3.96. The summed E-state index contributed by atoms with van der Waals surface area (Å²) in [6.45, 7) is 4.94. The van der Waals surface area contributed by atoms with Crippen LogP contribution in [0.1, 0.15) is 5.56 Å². The molecule has 0 bridgehead atoms. The number of anilines is 2. The molecule has 0 spiro atoms. The summed E-state index contributed by atoms with van der Waals surface area (Å²) in [5, 5.41) is 4.23. The van der Waals surface area contributed by atoms with E-state index in [0.29, 0.717) is 30.5 Å². The van der Waals surface area contributed by atoms with Gasteiger partial charge in [-0.25, -0.2) is 15.0 Å². The molecule has 2 aliphatic heterocycles. The number of methoxy groups -OCH3 is 1. The third-order valence-electron chi connectivity index (χ3n) is 5.83. The lowest BCUT2D eigenvalue weighted by atomic mass is 10.2. The first kappa shape index (κ1) is 22.3. The van der Waals surface area contributed by atoms with Crippen molar-refractivity contribution in [2.24, 2.45) is 0 Å². The first-order valence-corrected chi connectivity index (χ1v) is 13.5. The first-order chi connectivity index (χ1) is 16.2. The van der Waals surface area contributed by atoms with Crippen LogP contribution < -0.4 is 19.9 Å². The topological polar surface area (TPSA) is 96.4 Å². The molecule has 0 saturated carbocycles. The normalized spacial score (nSPS) is 17.5. The monoisotopic (exact) mass is 485 g/mol. The number of nitrogens with one attached hydrogen (secondary N) is 1. The number of rotatable bonds is 6. The van der Waals surface area contributed by atoms with Crippen LogP contribution in [0.25, 0.3) is 11.0 Å². The van der Waals surface area contributed by atoms with Crippen LogP contribution in [0.4, 0.5) is 11.8 Å². The van der Waals surface area contributed by atoms with Crippen molar-refractivity contribution in [1.29, 1.82) is 0 Å². The van der Waals surface area contributed by atoms with Gasteiger partial charge in [-0.15, -0.1) is 0 Å². The average molecular weight is 486 g/mol. The Bertz CT molecular complexity index is 1130. The van der Waals surface area contributed by atoms with E-state index in [-0.39, 0.29) is 0 Å². The van der Waals surface area contributed by atoms with Crippen LogP contribution in [0.2, 0.25) is 0 Å². The fourth-order valence-corrected chi connectivity index (χ4v) is 5.90. The van der Waals surface area contributed by atoms with E-state index in [2.05, 4.69) is 37.2 Å². The molecule has 3 aromatic rings. The zero-order valence-corrected chi connectivity index (χ0v) is 20.2. The Morgan fingerprint density at radius 2 is 1.76 bits per heavy atom. The number of ether oxygens (including phenoxy) is 1. The van der Waals surface area contributed by atoms with Gasteiger partial charge in [0.25, 0.3) is 0 Å². The lowest BCUT2D eigenvalue weighted by Crippen LogP contribution is -2.44. The van der Waals surface area contributed by atoms with Crippen LogP contribution in [0, 0.1) is 0 Å². The zero-order chi connectivity index (χ0) is 22.6. The number of thioether (sulfide) groups is 1. The molecular weight excluding hydrogens is 458 g/mol. The molecule has 174 valence electrons. The van der Waals surface area contributed by atoms with E-state index < -0.39 is 10.8 Å². The van der Waals surface area contributed by atoms with Crippen LogP contribution >= 0.6 is 11.8 Å². The maximum absolute atomic E-state index is 11.9. The number of piperazine rings is 1. The molecule has 2 fully saturated rings. The minimum atomic E-state index is -0.759. The lowest BCUT2D eigenvalue weighted by Gasteiger charge is -2.31. The van der Waals surface area contributed by atoms with E-state index in [1.165, 1.54) is 5.56 Å². The van der Waals surface area contributed by atoms with Crippen LogP contribution in [0.5, 0.6) is 5.75 Å². The quantitative estimate of drug-likeness (QED) is 0.410. The van der Waals surface area contributed by atoms with Gasteiger partial charge in [-0.3, -0.25) is 4.21 Å². The van der Waals surface area contributed by atoms with E-state index in [4.69, 9.17) is 14.7 Å². The summed E-state index contributed by atoms with van der Waals surface area (Å²) in [4.78, 5) is 23.5. The molecule has 0 aliphatic carbocycles. The highest BCUT2D eigenvalue weighted by Crippen LogP contribution is 2.32. The number of hydrogen-bond acceptors (Lipinski definition) is 10. The van der Waals surface area contributed by atoms with Crippen molar-refractivity contribution >= 4 is 45.4 Å². The Labute approximate surface area is 199 Å². The summed E-state index contributed by atoms with van der Waals surface area (Å²) in [5.74, 6) is 4.45. The Balaban J connectivity index is 1.50. The van der Waals surface area contributed by atoms with Crippen LogP contribution in [-0.4, -0.2) is 82.0 Å². The molecule has 9 nitrogen and oxygen atoms in total. The fraction of sp³-hybridized carbons (Fsp3) is 0.455.